The lowest BCUT2D eigenvalue weighted by atomic mass is 10.2. The molecule has 0 amide bonds. The summed E-state index contributed by atoms with van der Waals surface area (Å²) in [6.07, 6.45) is 0. The summed E-state index contributed by atoms with van der Waals surface area (Å²) in [4.78, 5) is 0. The molecule has 0 aliphatic carbocycles. The van der Waals surface area contributed by atoms with Crippen molar-refractivity contribution in [2.45, 2.75) is 6.61 Å². The van der Waals surface area contributed by atoms with Crippen LogP contribution in [0.3, 0.4) is 0 Å². The van der Waals surface area contributed by atoms with E-state index in [4.69, 9.17) is 10.00 Å². The van der Waals surface area contributed by atoms with Crippen molar-refractivity contribution in [2.75, 3.05) is 0 Å². The van der Waals surface area contributed by atoms with Crippen molar-refractivity contribution in [1.82, 2.24) is 0 Å². The second-order valence-corrected chi connectivity index (χ2v) is 3.78. The van der Waals surface area contributed by atoms with E-state index < -0.39 is 17.5 Å². The standard InChI is InChI=1S/C14H8F3NO/c15-11-3-2-10(12(16)6-11)8-19-14-4-1-9(7-18)5-13(14)17/h1-6H,8H2. The number of rotatable bonds is 3. The highest BCUT2D eigenvalue weighted by Gasteiger charge is 2.08. The number of nitrogens with zero attached hydrogens (tertiary/aromatic N) is 1. The van der Waals surface area contributed by atoms with Gasteiger partial charge in [0.25, 0.3) is 0 Å². The summed E-state index contributed by atoms with van der Waals surface area (Å²) in [6.45, 7) is -0.227. The second-order valence-electron chi connectivity index (χ2n) is 3.78. The van der Waals surface area contributed by atoms with Crippen LogP contribution in [0.5, 0.6) is 5.75 Å². The van der Waals surface area contributed by atoms with Crippen molar-refractivity contribution < 1.29 is 17.9 Å². The van der Waals surface area contributed by atoms with Crippen molar-refractivity contribution in [3.05, 3.63) is 65.0 Å². The quantitative estimate of drug-likeness (QED) is 0.848. The molecule has 0 aromatic heterocycles. The summed E-state index contributed by atoms with van der Waals surface area (Å²) >= 11 is 0. The van der Waals surface area contributed by atoms with Gasteiger partial charge in [0.15, 0.2) is 11.6 Å². The summed E-state index contributed by atoms with van der Waals surface area (Å²) in [5.74, 6) is -2.25. The molecule has 0 atom stereocenters. The third-order valence-electron chi connectivity index (χ3n) is 2.46. The van der Waals surface area contributed by atoms with Crippen LogP contribution in [0.25, 0.3) is 0 Å². The Bertz CT molecular complexity index is 650. The Hall–Kier alpha value is -2.48. The molecule has 0 radical (unpaired) electrons. The Morgan fingerprint density at radius 3 is 2.42 bits per heavy atom. The van der Waals surface area contributed by atoms with Crippen molar-refractivity contribution in [3.8, 4) is 11.8 Å². The fourth-order valence-electron chi connectivity index (χ4n) is 1.48. The molecule has 19 heavy (non-hydrogen) atoms. The van der Waals surface area contributed by atoms with Gasteiger partial charge in [-0.3, -0.25) is 0 Å². The average molecular weight is 263 g/mol. The van der Waals surface area contributed by atoms with Gasteiger partial charge in [-0.15, -0.1) is 0 Å². The maximum Gasteiger partial charge on any atom is 0.166 e. The van der Waals surface area contributed by atoms with E-state index in [0.717, 1.165) is 18.2 Å². The molecule has 0 unspecified atom stereocenters. The van der Waals surface area contributed by atoms with E-state index in [9.17, 15) is 13.2 Å². The molecule has 0 aliphatic heterocycles. The van der Waals surface area contributed by atoms with Gasteiger partial charge in [-0.05, 0) is 30.3 Å². The third kappa shape index (κ3) is 3.05. The van der Waals surface area contributed by atoms with Gasteiger partial charge in [-0.25, -0.2) is 13.2 Å². The third-order valence-corrected chi connectivity index (χ3v) is 2.46. The molecule has 0 heterocycles. The zero-order valence-electron chi connectivity index (χ0n) is 9.66. The minimum atomic E-state index is -0.756. The van der Waals surface area contributed by atoms with E-state index in [0.29, 0.717) is 0 Å². The van der Waals surface area contributed by atoms with Crippen molar-refractivity contribution in [3.63, 3.8) is 0 Å². The Morgan fingerprint density at radius 2 is 1.79 bits per heavy atom. The summed E-state index contributed by atoms with van der Waals surface area (Å²) in [5.41, 5.74) is 0.281. The van der Waals surface area contributed by atoms with Crippen LogP contribution in [0, 0.1) is 28.8 Å². The fraction of sp³-hybridized carbons (Fsp3) is 0.0714. The van der Waals surface area contributed by atoms with Crippen molar-refractivity contribution >= 4 is 0 Å². The molecule has 0 saturated heterocycles. The summed E-state index contributed by atoms with van der Waals surface area (Å²) in [5, 5.41) is 8.58. The molecule has 2 aromatic carbocycles. The molecule has 2 nitrogen and oxygen atoms in total. The molecule has 5 heteroatoms. The van der Waals surface area contributed by atoms with Gasteiger partial charge in [-0.1, -0.05) is 0 Å². The fourth-order valence-corrected chi connectivity index (χ4v) is 1.48. The Balaban J connectivity index is 2.13. The molecule has 96 valence electrons. The van der Waals surface area contributed by atoms with Gasteiger partial charge in [-0.2, -0.15) is 5.26 Å². The average Bonchev–Trinajstić information content (AvgIpc) is 2.39. The van der Waals surface area contributed by atoms with Gasteiger partial charge in [0.2, 0.25) is 0 Å². The lowest BCUT2D eigenvalue weighted by molar-refractivity contribution is 0.284. The van der Waals surface area contributed by atoms with E-state index in [-0.39, 0.29) is 23.5 Å². The highest BCUT2D eigenvalue weighted by Crippen LogP contribution is 2.20. The maximum atomic E-state index is 13.5. The molecule has 0 saturated carbocycles. The Morgan fingerprint density at radius 1 is 1.00 bits per heavy atom. The van der Waals surface area contributed by atoms with Crippen LogP contribution in [-0.4, -0.2) is 0 Å². The highest BCUT2D eigenvalue weighted by atomic mass is 19.1. The number of ether oxygens (including phenoxy) is 1. The highest BCUT2D eigenvalue weighted by molar-refractivity contribution is 5.36. The topological polar surface area (TPSA) is 33.0 Å². The first-order valence-electron chi connectivity index (χ1n) is 5.36. The molecule has 0 bridgehead atoms. The number of benzene rings is 2. The molecule has 0 N–H and O–H groups in total. The van der Waals surface area contributed by atoms with E-state index in [1.54, 1.807) is 6.07 Å². The van der Waals surface area contributed by atoms with Gasteiger partial charge in [0, 0.05) is 11.6 Å². The van der Waals surface area contributed by atoms with E-state index >= 15 is 0 Å². The first-order chi connectivity index (χ1) is 9.10. The smallest absolute Gasteiger partial charge is 0.166 e. The van der Waals surface area contributed by atoms with Crippen LogP contribution in [-0.2, 0) is 6.61 Å². The second kappa shape index (κ2) is 5.44. The van der Waals surface area contributed by atoms with Gasteiger partial charge in [0.05, 0.1) is 11.6 Å². The normalized spacial score (nSPS) is 10.0. The SMILES string of the molecule is N#Cc1ccc(OCc2ccc(F)cc2F)c(F)c1. The van der Waals surface area contributed by atoms with Crippen LogP contribution in [0.15, 0.2) is 36.4 Å². The van der Waals surface area contributed by atoms with Crippen LogP contribution in [0.2, 0.25) is 0 Å². The number of halogens is 3. The van der Waals surface area contributed by atoms with Gasteiger partial charge >= 0.3 is 0 Å². The molecule has 2 aromatic rings. The zero-order chi connectivity index (χ0) is 13.8. The summed E-state index contributed by atoms with van der Waals surface area (Å²) < 4.78 is 44.6. The maximum absolute atomic E-state index is 13.5. The van der Waals surface area contributed by atoms with Crippen molar-refractivity contribution in [1.29, 1.82) is 5.26 Å². The van der Waals surface area contributed by atoms with Crippen LogP contribution >= 0.6 is 0 Å². The molecule has 2 rings (SSSR count). The molecular formula is C14H8F3NO. The Labute approximate surface area is 107 Å². The summed E-state index contributed by atoms with van der Waals surface area (Å²) in [6, 6.07) is 8.54. The minimum Gasteiger partial charge on any atom is -0.486 e. The van der Waals surface area contributed by atoms with Crippen molar-refractivity contribution in [2.24, 2.45) is 0 Å². The molecule has 0 fully saturated rings. The Kier molecular flexibility index (Phi) is 3.71. The lowest BCUT2D eigenvalue weighted by Crippen LogP contribution is -2.00. The number of hydrogen-bond acceptors (Lipinski definition) is 2. The van der Waals surface area contributed by atoms with Crippen LogP contribution < -0.4 is 4.74 Å². The minimum absolute atomic E-state index is 0.0947. The molecular weight excluding hydrogens is 255 g/mol. The monoisotopic (exact) mass is 263 g/mol. The predicted molar refractivity (Wildman–Crippen MR) is 61.8 cm³/mol. The number of nitriles is 1. The zero-order valence-corrected chi connectivity index (χ0v) is 9.66. The van der Waals surface area contributed by atoms with Crippen LogP contribution in [0.1, 0.15) is 11.1 Å². The van der Waals surface area contributed by atoms with Crippen LogP contribution in [0.4, 0.5) is 13.2 Å². The first kappa shape index (κ1) is 13.0. The van der Waals surface area contributed by atoms with E-state index in [1.165, 1.54) is 18.2 Å². The molecule has 0 spiro atoms. The van der Waals surface area contributed by atoms with E-state index in [1.807, 2.05) is 0 Å². The lowest BCUT2D eigenvalue weighted by Gasteiger charge is -2.08. The predicted octanol–water partition coefficient (Wildman–Crippen LogP) is 3.55. The van der Waals surface area contributed by atoms with Gasteiger partial charge < -0.3 is 4.74 Å². The van der Waals surface area contributed by atoms with Gasteiger partial charge in [0.1, 0.15) is 18.2 Å². The molecule has 0 aliphatic rings. The first-order valence-corrected chi connectivity index (χ1v) is 5.36. The summed E-state index contributed by atoms with van der Waals surface area (Å²) in [7, 11) is 0. The largest absolute Gasteiger partial charge is 0.486 e. The van der Waals surface area contributed by atoms with E-state index in [2.05, 4.69) is 0 Å². The number of hydrogen-bond donors (Lipinski definition) is 0.